The maximum atomic E-state index is 12.3. The lowest BCUT2D eigenvalue weighted by Gasteiger charge is -2.48. The van der Waals surface area contributed by atoms with Gasteiger partial charge in [-0.2, -0.15) is 0 Å². The second-order valence-electron chi connectivity index (χ2n) is 10.9. The first-order valence-corrected chi connectivity index (χ1v) is 10.5. The zero-order valence-corrected chi connectivity index (χ0v) is 19.0. The maximum Gasteiger partial charge on any atom is 0.414 e. The molecule has 2 aliphatic rings. The Bertz CT molecular complexity index is 884. The standard InChI is InChI=1S/C23H34N2O5/c1-20(2,3)14-8-9-15-17(16(14)21(4,5)6)23(22(7,30)25(15)19(28)29)10-12-24(13-11-23)18(26)27/h8-9,30H,10-13H2,1-7H3,(H,26,27)(H,28,29). The summed E-state index contributed by atoms with van der Waals surface area (Å²) in [5.41, 5.74) is 0.517. The average Bonchev–Trinajstić information content (AvgIpc) is 2.77. The second kappa shape index (κ2) is 6.61. The Morgan fingerprint density at radius 1 is 0.933 bits per heavy atom. The Hall–Kier alpha value is -2.28. The number of likely N-dealkylation sites (tertiary alicyclic amines) is 1. The number of fused-ring (bicyclic) bond motifs is 2. The lowest BCUT2D eigenvalue weighted by molar-refractivity contribution is -0.0390. The van der Waals surface area contributed by atoms with E-state index < -0.39 is 23.3 Å². The van der Waals surface area contributed by atoms with E-state index in [2.05, 4.69) is 41.5 Å². The molecule has 1 spiro atoms. The molecule has 1 aromatic carbocycles. The summed E-state index contributed by atoms with van der Waals surface area (Å²) in [6, 6.07) is 3.79. The van der Waals surface area contributed by atoms with E-state index in [0.29, 0.717) is 18.5 Å². The van der Waals surface area contributed by atoms with Crippen LogP contribution in [-0.4, -0.2) is 51.2 Å². The van der Waals surface area contributed by atoms with Crippen molar-refractivity contribution < 1.29 is 24.9 Å². The van der Waals surface area contributed by atoms with Gasteiger partial charge in [-0.3, -0.25) is 0 Å². The lowest BCUT2D eigenvalue weighted by atomic mass is 9.62. The highest BCUT2D eigenvalue weighted by Gasteiger charge is 2.63. The molecule has 3 N–H and O–H groups in total. The predicted octanol–water partition coefficient (Wildman–Crippen LogP) is 4.50. The van der Waals surface area contributed by atoms with Crippen LogP contribution in [0.15, 0.2) is 12.1 Å². The fraction of sp³-hybridized carbons (Fsp3) is 0.652. The number of carboxylic acid groups (broad SMARTS) is 2. The van der Waals surface area contributed by atoms with E-state index in [-0.39, 0.29) is 23.9 Å². The summed E-state index contributed by atoms with van der Waals surface area (Å²) >= 11 is 0. The summed E-state index contributed by atoms with van der Waals surface area (Å²) in [5.74, 6) is 0. The van der Waals surface area contributed by atoms with Crippen LogP contribution < -0.4 is 4.90 Å². The molecule has 0 bridgehead atoms. The fourth-order valence-corrected chi connectivity index (χ4v) is 5.44. The van der Waals surface area contributed by atoms with Gasteiger partial charge < -0.3 is 20.2 Å². The van der Waals surface area contributed by atoms with Crippen LogP contribution in [0.1, 0.15) is 78.0 Å². The van der Waals surface area contributed by atoms with E-state index in [1.807, 2.05) is 12.1 Å². The Balaban J connectivity index is 2.38. The Labute approximate surface area is 178 Å². The number of aliphatic hydroxyl groups is 1. The van der Waals surface area contributed by atoms with Gasteiger partial charge in [-0.1, -0.05) is 47.6 Å². The van der Waals surface area contributed by atoms with Crippen molar-refractivity contribution >= 4 is 17.9 Å². The number of rotatable bonds is 0. The zero-order chi connectivity index (χ0) is 22.9. The monoisotopic (exact) mass is 418 g/mol. The molecular weight excluding hydrogens is 384 g/mol. The highest BCUT2D eigenvalue weighted by molar-refractivity contribution is 5.93. The number of piperidine rings is 1. The van der Waals surface area contributed by atoms with E-state index >= 15 is 0 Å². The van der Waals surface area contributed by atoms with Crippen molar-refractivity contribution in [2.24, 2.45) is 0 Å². The van der Waals surface area contributed by atoms with Gasteiger partial charge in [-0.05, 0) is 53.4 Å². The molecule has 3 rings (SSSR count). The van der Waals surface area contributed by atoms with Gasteiger partial charge in [0.1, 0.15) is 0 Å². The topological polar surface area (TPSA) is 101 Å². The number of carbonyl (C=O) groups is 2. The highest BCUT2D eigenvalue weighted by Crippen LogP contribution is 2.59. The van der Waals surface area contributed by atoms with E-state index in [0.717, 1.165) is 21.6 Å². The molecule has 166 valence electrons. The van der Waals surface area contributed by atoms with Crippen molar-refractivity contribution in [1.29, 1.82) is 0 Å². The number of hydrogen-bond acceptors (Lipinski definition) is 3. The Kier molecular flexibility index (Phi) is 4.94. The van der Waals surface area contributed by atoms with Crippen molar-refractivity contribution in [1.82, 2.24) is 4.90 Å². The molecule has 7 heteroatoms. The van der Waals surface area contributed by atoms with Crippen LogP contribution in [-0.2, 0) is 16.2 Å². The van der Waals surface area contributed by atoms with Crippen LogP contribution >= 0.6 is 0 Å². The third-order valence-electron chi connectivity index (χ3n) is 6.88. The first-order chi connectivity index (χ1) is 13.6. The molecule has 1 atom stereocenters. The van der Waals surface area contributed by atoms with Gasteiger partial charge in [0.2, 0.25) is 0 Å². The fourth-order valence-electron chi connectivity index (χ4n) is 5.44. The van der Waals surface area contributed by atoms with E-state index in [9.17, 15) is 24.9 Å². The molecule has 1 aromatic rings. The largest absolute Gasteiger partial charge is 0.465 e. The number of anilines is 1. The van der Waals surface area contributed by atoms with Crippen LogP contribution in [0.4, 0.5) is 15.3 Å². The third kappa shape index (κ3) is 3.06. The van der Waals surface area contributed by atoms with Gasteiger partial charge in [0, 0.05) is 18.5 Å². The van der Waals surface area contributed by atoms with E-state index in [1.165, 1.54) is 4.90 Å². The number of benzene rings is 1. The summed E-state index contributed by atoms with van der Waals surface area (Å²) in [6.07, 6.45) is -1.47. The third-order valence-corrected chi connectivity index (χ3v) is 6.88. The van der Waals surface area contributed by atoms with Crippen LogP contribution in [0.5, 0.6) is 0 Å². The van der Waals surface area contributed by atoms with E-state index in [1.54, 1.807) is 6.92 Å². The van der Waals surface area contributed by atoms with Crippen molar-refractivity contribution in [3.63, 3.8) is 0 Å². The normalized spacial score (nSPS) is 23.6. The summed E-state index contributed by atoms with van der Waals surface area (Å²) in [7, 11) is 0. The van der Waals surface area contributed by atoms with Gasteiger partial charge >= 0.3 is 12.2 Å². The molecular formula is C23H34N2O5. The van der Waals surface area contributed by atoms with Gasteiger partial charge in [-0.15, -0.1) is 0 Å². The van der Waals surface area contributed by atoms with E-state index in [4.69, 9.17) is 0 Å². The molecule has 2 aliphatic heterocycles. The number of nitrogens with zero attached hydrogens (tertiary/aromatic N) is 2. The molecule has 30 heavy (non-hydrogen) atoms. The predicted molar refractivity (Wildman–Crippen MR) is 115 cm³/mol. The Morgan fingerprint density at radius 3 is 1.87 bits per heavy atom. The zero-order valence-electron chi connectivity index (χ0n) is 19.0. The molecule has 7 nitrogen and oxygen atoms in total. The minimum Gasteiger partial charge on any atom is -0.465 e. The van der Waals surface area contributed by atoms with Crippen molar-refractivity contribution in [2.45, 2.75) is 83.3 Å². The van der Waals surface area contributed by atoms with Gasteiger partial charge in [0.15, 0.2) is 5.72 Å². The summed E-state index contributed by atoms with van der Waals surface area (Å²) < 4.78 is 0. The van der Waals surface area contributed by atoms with Crippen molar-refractivity contribution in [2.75, 3.05) is 18.0 Å². The molecule has 0 radical (unpaired) electrons. The van der Waals surface area contributed by atoms with Gasteiger partial charge in [0.05, 0.1) is 5.69 Å². The first kappa shape index (κ1) is 22.4. The number of amides is 2. The van der Waals surface area contributed by atoms with Crippen LogP contribution in [0.3, 0.4) is 0 Å². The maximum absolute atomic E-state index is 12.3. The van der Waals surface area contributed by atoms with Crippen molar-refractivity contribution in [3.8, 4) is 0 Å². The Morgan fingerprint density at radius 2 is 1.47 bits per heavy atom. The van der Waals surface area contributed by atoms with Crippen LogP contribution in [0.2, 0.25) is 0 Å². The quantitative estimate of drug-likeness (QED) is 0.576. The summed E-state index contributed by atoms with van der Waals surface area (Å²) in [4.78, 5) is 26.2. The second-order valence-corrected chi connectivity index (χ2v) is 10.9. The van der Waals surface area contributed by atoms with Gasteiger partial charge in [0.25, 0.3) is 0 Å². The molecule has 1 saturated heterocycles. The van der Waals surface area contributed by atoms with Crippen LogP contribution in [0, 0.1) is 0 Å². The minimum absolute atomic E-state index is 0.177. The molecule has 0 saturated carbocycles. The highest BCUT2D eigenvalue weighted by atomic mass is 16.4. The van der Waals surface area contributed by atoms with Crippen LogP contribution in [0.25, 0.3) is 0 Å². The number of hydrogen-bond donors (Lipinski definition) is 3. The minimum atomic E-state index is -1.68. The lowest BCUT2D eigenvalue weighted by Crippen LogP contribution is -2.61. The smallest absolute Gasteiger partial charge is 0.414 e. The molecule has 1 fully saturated rings. The molecule has 1 unspecified atom stereocenters. The molecule has 2 heterocycles. The first-order valence-electron chi connectivity index (χ1n) is 10.5. The summed E-state index contributed by atoms with van der Waals surface area (Å²) in [5, 5.41) is 31.2. The molecule has 0 aromatic heterocycles. The van der Waals surface area contributed by atoms with Crippen molar-refractivity contribution in [3.05, 3.63) is 28.8 Å². The average molecular weight is 419 g/mol. The molecule has 0 aliphatic carbocycles. The SMILES string of the molecule is CC(C)(C)c1ccc2c(c1C(C)(C)C)C1(CCN(C(=O)O)CC1)C(C)(O)N2C(=O)O. The molecule has 2 amide bonds. The summed E-state index contributed by atoms with van der Waals surface area (Å²) in [6.45, 7) is 14.8. The van der Waals surface area contributed by atoms with Gasteiger partial charge in [-0.25, -0.2) is 14.5 Å².